The Labute approximate surface area is 171 Å². The van der Waals surface area contributed by atoms with Gasteiger partial charge in [-0.05, 0) is 66.6 Å². The highest BCUT2D eigenvalue weighted by Crippen LogP contribution is 2.32. The topological polar surface area (TPSA) is 104 Å². The zero-order valence-corrected chi connectivity index (χ0v) is 16.6. The maximum Gasteiger partial charge on any atom is 0.335 e. The van der Waals surface area contributed by atoms with E-state index in [1.54, 1.807) is 18.2 Å². The molecule has 3 rings (SSSR count). The molecule has 148 valence electrons. The molecule has 1 aliphatic rings. The van der Waals surface area contributed by atoms with E-state index in [9.17, 15) is 19.2 Å². The fourth-order valence-corrected chi connectivity index (χ4v) is 3.57. The van der Waals surface area contributed by atoms with Gasteiger partial charge in [-0.25, -0.2) is 4.79 Å². The largest absolute Gasteiger partial charge is 0.478 e. The maximum absolute atomic E-state index is 12.5. The van der Waals surface area contributed by atoms with Gasteiger partial charge < -0.3 is 10.4 Å². The number of aromatic carboxylic acids is 1. The molecule has 2 N–H and O–H groups in total. The van der Waals surface area contributed by atoms with E-state index in [1.807, 2.05) is 26.0 Å². The van der Waals surface area contributed by atoms with Crippen molar-refractivity contribution >= 4 is 46.5 Å². The van der Waals surface area contributed by atoms with Crippen molar-refractivity contribution in [2.75, 3.05) is 11.9 Å². The Kier molecular flexibility index (Phi) is 5.84. The minimum Gasteiger partial charge on any atom is -0.478 e. The van der Waals surface area contributed by atoms with Gasteiger partial charge in [-0.1, -0.05) is 24.3 Å². The normalized spacial score (nSPS) is 15.1. The van der Waals surface area contributed by atoms with Crippen molar-refractivity contribution in [1.29, 1.82) is 0 Å². The summed E-state index contributed by atoms with van der Waals surface area (Å²) in [5.41, 5.74) is 3.28. The lowest BCUT2D eigenvalue weighted by Gasteiger charge is -2.14. The van der Waals surface area contributed by atoms with Crippen LogP contribution in [0.5, 0.6) is 0 Å². The minimum atomic E-state index is -1.05. The van der Waals surface area contributed by atoms with Crippen LogP contribution in [-0.2, 0) is 9.59 Å². The van der Waals surface area contributed by atoms with Gasteiger partial charge in [-0.15, -0.1) is 0 Å². The third-order valence-corrected chi connectivity index (χ3v) is 5.42. The van der Waals surface area contributed by atoms with Gasteiger partial charge in [0.25, 0.3) is 11.1 Å². The van der Waals surface area contributed by atoms with Crippen LogP contribution in [0.2, 0.25) is 0 Å². The lowest BCUT2D eigenvalue weighted by molar-refractivity contribution is -0.127. The van der Waals surface area contributed by atoms with E-state index in [4.69, 9.17) is 5.11 Å². The van der Waals surface area contributed by atoms with Crippen LogP contribution in [0.4, 0.5) is 10.5 Å². The van der Waals surface area contributed by atoms with Crippen LogP contribution in [0, 0.1) is 13.8 Å². The highest BCUT2D eigenvalue weighted by molar-refractivity contribution is 8.18. The smallest absolute Gasteiger partial charge is 0.335 e. The van der Waals surface area contributed by atoms with Crippen LogP contribution in [0.15, 0.2) is 47.4 Å². The Morgan fingerprint density at radius 3 is 2.45 bits per heavy atom. The summed E-state index contributed by atoms with van der Waals surface area (Å²) in [7, 11) is 0. The number of carbonyl (C=O) groups is 4. The molecule has 0 bridgehead atoms. The molecule has 2 aromatic rings. The highest BCUT2D eigenvalue weighted by Gasteiger charge is 2.36. The summed E-state index contributed by atoms with van der Waals surface area (Å²) < 4.78 is 0. The first-order valence-electron chi connectivity index (χ1n) is 8.71. The fraction of sp³-hybridized carbons (Fsp3) is 0.143. The van der Waals surface area contributed by atoms with Crippen molar-refractivity contribution in [1.82, 2.24) is 4.90 Å². The number of nitrogens with one attached hydrogen (secondary N) is 1. The van der Waals surface area contributed by atoms with E-state index in [0.717, 1.165) is 27.8 Å². The average molecular weight is 410 g/mol. The van der Waals surface area contributed by atoms with Gasteiger partial charge in [-0.2, -0.15) is 0 Å². The van der Waals surface area contributed by atoms with Crippen LogP contribution in [0.1, 0.15) is 27.0 Å². The Balaban J connectivity index is 1.70. The number of amides is 3. The van der Waals surface area contributed by atoms with Gasteiger partial charge in [0, 0.05) is 5.69 Å². The second-order valence-electron chi connectivity index (χ2n) is 6.49. The van der Waals surface area contributed by atoms with Crippen molar-refractivity contribution in [3.63, 3.8) is 0 Å². The highest BCUT2D eigenvalue weighted by atomic mass is 32.2. The van der Waals surface area contributed by atoms with Gasteiger partial charge in [-0.3, -0.25) is 19.3 Å². The number of imide groups is 1. The van der Waals surface area contributed by atoms with E-state index >= 15 is 0 Å². The van der Waals surface area contributed by atoms with Crippen molar-refractivity contribution in [3.8, 4) is 0 Å². The molecule has 1 aliphatic heterocycles. The van der Waals surface area contributed by atoms with Crippen LogP contribution >= 0.6 is 11.8 Å². The first-order valence-corrected chi connectivity index (χ1v) is 9.52. The third-order valence-electron chi connectivity index (χ3n) is 4.51. The lowest BCUT2D eigenvalue weighted by Crippen LogP contribution is -2.36. The summed E-state index contributed by atoms with van der Waals surface area (Å²) in [6, 6.07) is 11.4. The molecule has 0 radical (unpaired) electrons. The van der Waals surface area contributed by atoms with Crippen molar-refractivity contribution < 1.29 is 24.3 Å². The third kappa shape index (κ3) is 4.55. The first-order chi connectivity index (χ1) is 13.8. The molecule has 0 aromatic heterocycles. The van der Waals surface area contributed by atoms with E-state index in [2.05, 4.69) is 5.32 Å². The number of thioether (sulfide) groups is 1. The Bertz CT molecular complexity index is 1040. The number of carboxylic acids is 1. The molecule has 1 heterocycles. The molecule has 1 fully saturated rings. The zero-order chi connectivity index (χ0) is 21.1. The number of hydrogen-bond acceptors (Lipinski definition) is 5. The van der Waals surface area contributed by atoms with Crippen LogP contribution in [0.25, 0.3) is 6.08 Å². The van der Waals surface area contributed by atoms with Gasteiger partial charge in [0.2, 0.25) is 5.91 Å². The van der Waals surface area contributed by atoms with Gasteiger partial charge in [0.1, 0.15) is 6.54 Å². The Hall–Kier alpha value is -3.39. The van der Waals surface area contributed by atoms with Crippen LogP contribution < -0.4 is 5.32 Å². The molecule has 7 nitrogen and oxygen atoms in total. The zero-order valence-electron chi connectivity index (χ0n) is 15.8. The summed E-state index contributed by atoms with van der Waals surface area (Å²) in [5.74, 6) is -2.07. The summed E-state index contributed by atoms with van der Waals surface area (Å²) in [4.78, 5) is 49.1. The number of benzene rings is 2. The quantitative estimate of drug-likeness (QED) is 0.729. The second kappa shape index (κ2) is 8.32. The number of anilines is 1. The van der Waals surface area contributed by atoms with Crippen molar-refractivity contribution in [3.05, 3.63) is 69.6 Å². The molecular formula is C21H18N2O5S. The average Bonchev–Trinajstić information content (AvgIpc) is 2.93. The molecule has 2 aromatic carbocycles. The summed E-state index contributed by atoms with van der Waals surface area (Å²) in [6.07, 6.45) is 1.50. The predicted octanol–water partition coefficient (Wildman–Crippen LogP) is 3.68. The summed E-state index contributed by atoms with van der Waals surface area (Å²) >= 11 is 0.743. The standard InChI is InChI=1S/C21H18N2O5S/c1-12-4-3-5-16(13(12)2)22-18(24)11-23-19(25)17(29-21(23)28)10-14-6-8-15(9-7-14)20(26)27/h3-10H,11H2,1-2H3,(H,22,24)(H,26,27)/b17-10-. The molecular weight excluding hydrogens is 392 g/mol. The molecule has 0 aliphatic carbocycles. The van der Waals surface area contributed by atoms with Crippen LogP contribution in [-0.4, -0.2) is 39.6 Å². The number of hydrogen-bond donors (Lipinski definition) is 2. The first kappa shape index (κ1) is 20.3. The Morgan fingerprint density at radius 1 is 1.10 bits per heavy atom. The monoisotopic (exact) mass is 410 g/mol. The minimum absolute atomic E-state index is 0.123. The molecule has 3 amide bonds. The Morgan fingerprint density at radius 2 is 1.79 bits per heavy atom. The number of rotatable bonds is 5. The number of carboxylic acid groups (broad SMARTS) is 1. The number of aryl methyl sites for hydroxylation is 1. The van der Waals surface area contributed by atoms with E-state index in [-0.39, 0.29) is 17.0 Å². The molecule has 0 unspecified atom stereocenters. The van der Waals surface area contributed by atoms with E-state index < -0.39 is 23.0 Å². The molecule has 0 atom stereocenters. The predicted molar refractivity (Wildman–Crippen MR) is 111 cm³/mol. The van der Waals surface area contributed by atoms with E-state index in [1.165, 1.54) is 18.2 Å². The van der Waals surface area contributed by atoms with Gasteiger partial charge in [0.15, 0.2) is 0 Å². The maximum atomic E-state index is 12.5. The van der Waals surface area contributed by atoms with E-state index in [0.29, 0.717) is 11.3 Å². The lowest BCUT2D eigenvalue weighted by atomic mass is 10.1. The summed E-state index contributed by atoms with van der Waals surface area (Å²) in [6.45, 7) is 3.42. The van der Waals surface area contributed by atoms with Gasteiger partial charge >= 0.3 is 5.97 Å². The fourth-order valence-electron chi connectivity index (χ4n) is 2.73. The second-order valence-corrected chi connectivity index (χ2v) is 7.48. The number of nitrogens with zero attached hydrogens (tertiary/aromatic N) is 1. The van der Waals surface area contributed by atoms with Crippen molar-refractivity contribution in [2.45, 2.75) is 13.8 Å². The van der Waals surface area contributed by atoms with Gasteiger partial charge in [0.05, 0.1) is 10.5 Å². The summed E-state index contributed by atoms with van der Waals surface area (Å²) in [5, 5.41) is 11.1. The molecule has 0 saturated carbocycles. The molecule has 29 heavy (non-hydrogen) atoms. The molecule has 0 spiro atoms. The molecule has 8 heteroatoms. The SMILES string of the molecule is Cc1cccc(NC(=O)CN2C(=O)S/C(=C\c3ccc(C(=O)O)cc3)C2=O)c1C. The number of carbonyl (C=O) groups excluding carboxylic acids is 3. The van der Waals surface area contributed by atoms with Crippen molar-refractivity contribution in [2.24, 2.45) is 0 Å². The van der Waals surface area contributed by atoms with Crippen LogP contribution in [0.3, 0.4) is 0 Å². The molecule has 1 saturated heterocycles.